The second-order valence-corrected chi connectivity index (χ2v) is 7.66. The van der Waals surface area contributed by atoms with Crippen molar-refractivity contribution in [2.24, 2.45) is 13.0 Å². The van der Waals surface area contributed by atoms with Gasteiger partial charge in [0, 0.05) is 32.0 Å². The first-order valence-corrected chi connectivity index (χ1v) is 9.50. The zero-order valence-corrected chi connectivity index (χ0v) is 16.9. The molecule has 1 atom stereocenters. The van der Waals surface area contributed by atoms with E-state index in [-0.39, 0.29) is 24.3 Å². The third kappa shape index (κ3) is 7.10. The number of hydrogen-bond donors (Lipinski definition) is 0. The van der Waals surface area contributed by atoms with Crippen molar-refractivity contribution in [2.45, 2.75) is 52.5 Å². The molecular weight excluding hydrogens is 338 g/mol. The van der Waals surface area contributed by atoms with E-state index >= 15 is 0 Å². The summed E-state index contributed by atoms with van der Waals surface area (Å²) in [5.41, 5.74) is 1.08. The number of hydrogen-bond acceptors (Lipinski definition) is 2. The highest BCUT2D eigenvalue weighted by atomic mass is 35.5. The van der Waals surface area contributed by atoms with E-state index in [4.69, 9.17) is 11.6 Å². The van der Waals surface area contributed by atoms with E-state index in [9.17, 15) is 9.59 Å². The van der Waals surface area contributed by atoms with Crippen LogP contribution in [0.25, 0.3) is 0 Å². The highest BCUT2D eigenvalue weighted by Gasteiger charge is 2.24. The SMILES string of the molecule is CCCCN(Cc1cccn1C)C(=O)CN(CC(C)C)C(=O)[C@H](C)Cl. The number of aromatic nitrogens is 1. The lowest BCUT2D eigenvalue weighted by Gasteiger charge is -2.29. The number of unbranched alkanes of at least 4 members (excludes halogenated alkanes) is 1. The number of amides is 2. The van der Waals surface area contributed by atoms with Gasteiger partial charge in [0.05, 0.1) is 13.1 Å². The molecule has 0 saturated carbocycles. The first-order valence-electron chi connectivity index (χ1n) is 9.07. The molecule has 1 aromatic heterocycles. The number of alkyl halides is 1. The van der Waals surface area contributed by atoms with E-state index in [0.717, 1.165) is 18.5 Å². The van der Waals surface area contributed by atoms with Gasteiger partial charge in [-0.3, -0.25) is 9.59 Å². The molecule has 0 aliphatic carbocycles. The molecule has 25 heavy (non-hydrogen) atoms. The Morgan fingerprint density at radius 3 is 2.40 bits per heavy atom. The van der Waals surface area contributed by atoms with Crippen LogP contribution in [0.4, 0.5) is 0 Å². The van der Waals surface area contributed by atoms with Crippen molar-refractivity contribution in [3.8, 4) is 0 Å². The molecule has 0 bridgehead atoms. The molecule has 0 aliphatic rings. The van der Waals surface area contributed by atoms with E-state index < -0.39 is 5.38 Å². The lowest BCUT2D eigenvalue weighted by Crippen LogP contribution is -2.46. The lowest BCUT2D eigenvalue weighted by molar-refractivity contribution is -0.141. The molecule has 0 fully saturated rings. The normalized spacial score (nSPS) is 12.3. The minimum atomic E-state index is -0.622. The molecule has 0 aliphatic heterocycles. The quantitative estimate of drug-likeness (QED) is 0.594. The number of aryl methyl sites for hydroxylation is 1. The Kier molecular flexibility index (Phi) is 9.04. The van der Waals surface area contributed by atoms with Gasteiger partial charge in [-0.2, -0.15) is 0 Å². The summed E-state index contributed by atoms with van der Waals surface area (Å²) < 4.78 is 2.02. The Morgan fingerprint density at radius 2 is 1.92 bits per heavy atom. The van der Waals surface area contributed by atoms with Gasteiger partial charge in [-0.25, -0.2) is 0 Å². The molecule has 0 aromatic carbocycles. The van der Waals surface area contributed by atoms with Crippen LogP contribution in [0.1, 0.15) is 46.2 Å². The molecule has 6 heteroatoms. The summed E-state index contributed by atoms with van der Waals surface area (Å²) in [6, 6.07) is 3.99. The van der Waals surface area contributed by atoms with Crippen LogP contribution < -0.4 is 0 Å². The Morgan fingerprint density at radius 1 is 1.24 bits per heavy atom. The van der Waals surface area contributed by atoms with Gasteiger partial charge in [-0.05, 0) is 31.4 Å². The molecule has 1 heterocycles. The molecule has 142 valence electrons. The van der Waals surface area contributed by atoms with E-state index in [1.807, 2.05) is 48.7 Å². The fourth-order valence-electron chi connectivity index (χ4n) is 2.69. The van der Waals surface area contributed by atoms with Crippen LogP contribution >= 0.6 is 11.6 Å². The molecule has 1 aromatic rings. The zero-order chi connectivity index (χ0) is 19.0. The predicted molar refractivity (Wildman–Crippen MR) is 102 cm³/mol. The molecule has 5 nitrogen and oxygen atoms in total. The van der Waals surface area contributed by atoms with Gasteiger partial charge in [0.15, 0.2) is 0 Å². The maximum atomic E-state index is 12.9. The fourth-order valence-corrected chi connectivity index (χ4v) is 2.82. The van der Waals surface area contributed by atoms with Gasteiger partial charge in [0.1, 0.15) is 5.38 Å². The van der Waals surface area contributed by atoms with Gasteiger partial charge in [-0.15, -0.1) is 11.6 Å². The van der Waals surface area contributed by atoms with Crippen LogP contribution in [-0.4, -0.2) is 51.2 Å². The summed E-state index contributed by atoms with van der Waals surface area (Å²) in [7, 11) is 1.97. The summed E-state index contributed by atoms with van der Waals surface area (Å²) >= 11 is 5.97. The van der Waals surface area contributed by atoms with E-state index in [2.05, 4.69) is 6.92 Å². The molecule has 0 spiro atoms. The number of nitrogens with zero attached hydrogens (tertiary/aromatic N) is 3. The third-order valence-electron chi connectivity index (χ3n) is 4.10. The summed E-state index contributed by atoms with van der Waals surface area (Å²) in [6.07, 6.45) is 3.94. The van der Waals surface area contributed by atoms with Gasteiger partial charge < -0.3 is 14.4 Å². The Balaban J connectivity index is 2.86. The summed E-state index contributed by atoms with van der Waals surface area (Å²) in [5, 5.41) is -0.622. The number of carbonyl (C=O) groups excluding carboxylic acids is 2. The number of rotatable bonds is 10. The molecule has 1 rings (SSSR count). The van der Waals surface area contributed by atoms with Crippen molar-refractivity contribution in [2.75, 3.05) is 19.6 Å². The molecule has 2 amide bonds. The van der Waals surface area contributed by atoms with Gasteiger partial charge in [-0.1, -0.05) is 27.2 Å². The average Bonchev–Trinajstić information content (AvgIpc) is 2.94. The van der Waals surface area contributed by atoms with Crippen molar-refractivity contribution in [3.63, 3.8) is 0 Å². The zero-order valence-electron chi connectivity index (χ0n) is 16.2. The predicted octanol–water partition coefficient (Wildman–Crippen LogP) is 3.27. The molecular formula is C19H32ClN3O2. The summed E-state index contributed by atoms with van der Waals surface area (Å²) in [4.78, 5) is 28.7. The molecule has 0 saturated heterocycles. The highest BCUT2D eigenvalue weighted by molar-refractivity contribution is 6.30. The van der Waals surface area contributed by atoms with E-state index in [1.54, 1.807) is 11.8 Å². The maximum absolute atomic E-state index is 12.9. The number of carbonyl (C=O) groups is 2. The summed E-state index contributed by atoms with van der Waals surface area (Å²) in [5.74, 6) is 0.0723. The van der Waals surface area contributed by atoms with Crippen LogP contribution in [0, 0.1) is 5.92 Å². The minimum absolute atomic E-state index is 0.0269. The average molecular weight is 370 g/mol. The van der Waals surface area contributed by atoms with Crippen LogP contribution in [-0.2, 0) is 23.2 Å². The molecule has 0 N–H and O–H groups in total. The van der Waals surface area contributed by atoms with Crippen LogP contribution in [0.5, 0.6) is 0 Å². The van der Waals surface area contributed by atoms with Gasteiger partial charge >= 0.3 is 0 Å². The van der Waals surface area contributed by atoms with Gasteiger partial charge in [0.2, 0.25) is 11.8 Å². The van der Waals surface area contributed by atoms with E-state index in [0.29, 0.717) is 19.6 Å². The van der Waals surface area contributed by atoms with E-state index in [1.165, 1.54) is 0 Å². The molecule has 0 radical (unpaired) electrons. The van der Waals surface area contributed by atoms with Crippen molar-refractivity contribution in [1.82, 2.24) is 14.4 Å². The van der Waals surface area contributed by atoms with Crippen molar-refractivity contribution in [1.29, 1.82) is 0 Å². The van der Waals surface area contributed by atoms with Crippen molar-refractivity contribution < 1.29 is 9.59 Å². The van der Waals surface area contributed by atoms with Crippen molar-refractivity contribution in [3.05, 3.63) is 24.0 Å². The lowest BCUT2D eigenvalue weighted by atomic mass is 10.2. The fraction of sp³-hybridized carbons (Fsp3) is 0.684. The Labute approximate surface area is 156 Å². The van der Waals surface area contributed by atoms with Crippen LogP contribution in [0.15, 0.2) is 18.3 Å². The van der Waals surface area contributed by atoms with Crippen LogP contribution in [0.2, 0.25) is 0 Å². The smallest absolute Gasteiger partial charge is 0.242 e. The largest absolute Gasteiger partial charge is 0.353 e. The molecule has 0 unspecified atom stereocenters. The second-order valence-electron chi connectivity index (χ2n) is 7.01. The topological polar surface area (TPSA) is 45.6 Å². The Hall–Kier alpha value is -1.49. The monoisotopic (exact) mass is 369 g/mol. The Bertz CT molecular complexity index is 555. The highest BCUT2D eigenvalue weighted by Crippen LogP contribution is 2.10. The summed E-state index contributed by atoms with van der Waals surface area (Å²) in [6.45, 7) is 9.69. The standard InChI is InChI=1S/C19H32ClN3O2/c1-6-7-11-22(13-17-9-8-10-21(17)5)18(24)14-23(12-15(2)3)19(25)16(4)20/h8-10,15-16H,6-7,11-14H2,1-5H3/t16-/m0/s1. The van der Waals surface area contributed by atoms with Gasteiger partial charge in [0.25, 0.3) is 0 Å². The first kappa shape index (κ1) is 21.6. The maximum Gasteiger partial charge on any atom is 0.242 e. The van der Waals surface area contributed by atoms with Crippen LogP contribution in [0.3, 0.4) is 0 Å². The second kappa shape index (κ2) is 10.5. The number of halogens is 1. The minimum Gasteiger partial charge on any atom is -0.353 e. The van der Waals surface area contributed by atoms with Crippen molar-refractivity contribution >= 4 is 23.4 Å². The third-order valence-corrected chi connectivity index (χ3v) is 4.29. The first-order chi connectivity index (χ1) is 11.8.